The van der Waals surface area contributed by atoms with Crippen molar-refractivity contribution in [2.24, 2.45) is 11.8 Å². The molecule has 0 aliphatic heterocycles. The molecule has 1 amide bonds. The van der Waals surface area contributed by atoms with Gasteiger partial charge in [0.05, 0.1) is 25.2 Å². The lowest BCUT2D eigenvalue weighted by Gasteiger charge is -2.20. The molecule has 1 aliphatic carbocycles. The molecule has 0 spiro atoms. The number of esters is 1. The first kappa shape index (κ1) is 16.5. The summed E-state index contributed by atoms with van der Waals surface area (Å²) in [5, 5.41) is 12.6. The molecule has 2 N–H and O–H groups in total. The van der Waals surface area contributed by atoms with E-state index in [0.717, 1.165) is 0 Å². The van der Waals surface area contributed by atoms with Crippen LogP contribution in [-0.4, -0.2) is 42.0 Å². The van der Waals surface area contributed by atoms with Crippen LogP contribution in [0.15, 0.2) is 12.7 Å². The topological polar surface area (TPSA) is 84.9 Å². The van der Waals surface area contributed by atoms with Gasteiger partial charge in [-0.15, -0.1) is 6.58 Å². The second kappa shape index (κ2) is 6.26. The van der Waals surface area contributed by atoms with Crippen LogP contribution in [0.5, 0.6) is 0 Å². The summed E-state index contributed by atoms with van der Waals surface area (Å²) >= 11 is 0. The number of carbonyl (C=O) groups excluding carboxylic acids is 2. The number of amides is 1. The standard InChI is InChI=1S/C14H23NO5/c1-6-7-8(16)9-10(12(17)19-5)11(9)15-13(18)20-14(2,3)4/h6,8-11,16H,1,7H2,2-5H3,(H,15,18)/t8-,9-,10-,11-/m0/s1. The zero-order valence-electron chi connectivity index (χ0n) is 12.4. The van der Waals surface area contributed by atoms with Gasteiger partial charge >= 0.3 is 12.1 Å². The molecular weight excluding hydrogens is 262 g/mol. The number of hydrogen-bond acceptors (Lipinski definition) is 5. The van der Waals surface area contributed by atoms with Crippen molar-refractivity contribution >= 4 is 12.1 Å². The van der Waals surface area contributed by atoms with Crippen molar-refractivity contribution in [3.05, 3.63) is 12.7 Å². The molecule has 114 valence electrons. The largest absolute Gasteiger partial charge is 0.469 e. The Morgan fingerprint density at radius 3 is 2.50 bits per heavy atom. The molecule has 20 heavy (non-hydrogen) atoms. The molecule has 1 saturated carbocycles. The highest BCUT2D eigenvalue weighted by Crippen LogP contribution is 2.43. The van der Waals surface area contributed by atoms with Crippen molar-refractivity contribution in [3.8, 4) is 0 Å². The van der Waals surface area contributed by atoms with Gasteiger partial charge in [-0.2, -0.15) is 0 Å². The van der Waals surface area contributed by atoms with Crippen LogP contribution in [0, 0.1) is 11.8 Å². The Balaban J connectivity index is 2.64. The second-order valence-electron chi connectivity index (χ2n) is 5.89. The maximum absolute atomic E-state index is 11.7. The van der Waals surface area contributed by atoms with Crippen molar-refractivity contribution in [2.45, 2.75) is 44.9 Å². The van der Waals surface area contributed by atoms with Gasteiger partial charge in [0.1, 0.15) is 5.60 Å². The predicted molar refractivity (Wildman–Crippen MR) is 73.0 cm³/mol. The molecule has 4 atom stereocenters. The molecule has 0 bridgehead atoms. The summed E-state index contributed by atoms with van der Waals surface area (Å²) < 4.78 is 9.81. The number of aliphatic hydroxyl groups is 1. The predicted octanol–water partition coefficient (Wildman–Crippen LogP) is 1.24. The minimum atomic E-state index is -0.739. The van der Waals surface area contributed by atoms with Crippen LogP contribution in [0.1, 0.15) is 27.2 Å². The fourth-order valence-corrected chi connectivity index (χ4v) is 2.21. The summed E-state index contributed by atoms with van der Waals surface area (Å²) in [6, 6.07) is -0.466. The molecule has 0 unspecified atom stereocenters. The Morgan fingerprint density at radius 2 is 2.05 bits per heavy atom. The van der Waals surface area contributed by atoms with E-state index in [0.29, 0.717) is 6.42 Å². The first-order valence-electron chi connectivity index (χ1n) is 6.57. The van der Waals surface area contributed by atoms with E-state index in [-0.39, 0.29) is 5.92 Å². The molecule has 6 heteroatoms. The number of carbonyl (C=O) groups is 2. The minimum Gasteiger partial charge on any atom is -0.469 e. The van der Waals surface area contributed by atoms with Crippen LogP contribution < -0.4 is 5.32 Å². The monoisotopic (exact) mass is 285 g/mol. The maximum Gasteiger partial charge on any atom is 0.407 e. The molecular formula is C14H23NO5. The summed E-state index contributed by atoms with van der Waals surface area (Å²) in [4.78, 5) is 23.3. The summed E-state index contributed by atoms with van der Waals surface area (Å²) in [5.41, 5.74) is -0.616. The maximum atomic E-state index is 11.7. The van der Waals surface area contributed by atoms with Gasteiger partial charge in [0, 0.05) is 5.92 Å². The van der Waals surface area contributed by atoms with Crippen molar-refractivity contribution in [3.63, 3.8) is 0 Å². The van der Waals surface area contributed by atoms with Crippen LogP contribution in [0.3, 0.4) is 0 Å². The number of methoxy groups -OCH3 is 1. The van der Waals surface area contributed by atoms with Crippen LogP contribution >= 0.6 is 0 Å². The molecule has 1 aliphatic rings. The summed E-state index contributed by atoms with van der Waals surface area (Å²) in [5.74, 6) is -1.35. The third kappa shape index (κ3) is 4.23. The van der Waals surface area contributed by atoms with E-state index < -0.39 is 35.7 Å². The van der Waals surface area contributed by atoms with Crippen LogP contribution in [0.25, 0.3) is 0 Å². The fraction of sp³-hybridized carbons (Fsp3) is 0.714. The quantitative estimate of drug-likeness (QED) is 0.586. The zero-order valence-corrected chi connectivity index (χ0v) is 12.4. The lowest BCUT2D eigenvalue weighted by molar-refractivity contribution is -0.143. The van der Waals surface area contributed by atoms with Gasteiger partial charge in [0.15, 0.2) is 0 Å². The lowest BCUT2D eigenvalue weighted by atomic mass is 10.1. The molecule has 0 aromatic carbocycles. The van der Waals surface area contributed by atoms with Crippen LogP contribution in [-0.2, 0) is 14.3 Å². The number of ether oxygens (including phenoxy) is 2. The Kier molecular flexibility index (Phi) is 5.16. The summed E-state index contributed by atoms with van der Waals surface area (Å²) in [6.45, 7) is 8.80. The van der Waals surface area contributed by atoms with E-state index in [4.69, 9.17) is 4.74 Å². The van der Waals surface area contributed by atoms with Crippen molar-refractivity contribution < 1.29 is 24.2 Å². The van der Waals surface area contributed by atoms with Gasteiger partial charge in [0.25, 0.3) is 0 Å². The highest BCUT2D eigenvalue weighted by Gasteiger charge is 2.59. The highest BCUT2D eigenvalue weighted by atomic mass is 16.6. The Morgan fingerprint density at radius 1 is 1.45 bits per heavy atom. The van der Waals surface area contributed by atoms with Gasteiger partial charge in [-0.25, -0.2) is 4.79 Å². The smallest absolute Gasteiger partial charge is 0.407 e. The number of aliphatic hydroxyl groups excluding tert-OH is 1. The van der Waals surface area contributed by atoms with Gasteiger partial charge in [0.2, 0.25) is 0 Å². The van der Waals surface area contributed by atoms with E-state index in [2.05, 4.69) is 16.6 Å². The van der Waals surface area contributed by atoms with Crippen LogP contribution in [0.4, 0.5) is 4.79 Å². The average Bonchev–Trinajstić information content (AvgIpc) is 2.99. The SMILES string of the molecule is C=CC[C@H](O)[C@@H]1[C@H](NC(=O)OC(C)(C)C)[C@H]1C(=O)OC. The number of nitrogens with one attached hydrogen (secondary N) is 1. The minimum absolute atomic E-state index is 0.352. The molecule has 0 aromatic rings. The van der Waals surface area contributed by atoms with E-state index in [9.17, 15) is 14.7 Å². The Bertz CT molecular complexity index is 388. The third-order valence-electron chi connectivity index (χ3n) is 3.08. The molecule has 0 heterocycles. The summed E-state index contributed by atoms with van der Waals surface area (Å²) in [7, 11) is 1.28. The van der Waals surface area contributed by atoms with Gasteiger partial charge in [-0.1, -0.05) is 6.08 Å². The molecule has 1 rings (SSSR count). The normalized spacial score (nSPS) is 26.4. The average molecular weight is 285 g/mol. The molecule has 1 fully saturated rings. The zero-order chi connectivity index (χ0) is 15.5. The second-order valence-corrected chi connectivity index (χ2v) is 5.89. The molecule has 6 nitrogen and oxygen atoms in total. The number of alkyl carbamates (subject to hydrolysis) is 1. The van der Waals surface area contributed by atoms with Crippen molar-refractivity contribution in [1.82, 2.24) is 5.32 Å². The van der Waals surface area contributed by atoms with Gasteiger partial charge in [-0.3, -0.25) is 4.79 Å². The van der Waals surface area contributed by atoms with E-state index in [1.54, 1.807) is 26.8 Å². The highest BCUT2D eigenvalue weighted by molar-refractivity contribution is 5.80. The van der Waals surface area contributed by atoms with Crippen LogP contribution in [0.2, 0.25) is 0 Å². The lowest BCUT2D eigenvalue weighted by Crippen LogP contribution is -2.35. The van der Waals surface area contributed by atoms with E-state index >= 15 is 0 Å². The van der Waals surface area contributed by atoms with E-state index in [1.165, 1.54) is 7.11 Å². The first-order valence-corrected chi connectivity index (χ1v) is 6.57. The first-order chi connectivity index (χ1) is 9.21. The molecule has 0 radical (unpaired) electrons. The Labute approximate surface area is 119 Å². The number of hydrogen-bond donors (Lipinski definition) is 2. The molecule has 0 aromatic heterocycles. The van der Waals surface area contributed by atoms with Gasteiger partial charge < -0.3 is 19.9 Å². The third-order valence-corrected chi connectivity index (χ3v) is 3.08. The molecule has 0 saturated heterocycles. The van der Waals surface area contributed by atoms with Crippen molar-refractivity contribution in [2.75, 3.05) is 7.11 Å². The van der Waals surface area contributed by atoms with Gasteiger partial charge in [-0.05, 0) is 27.2 Å². The fourth-order valence-electron chi connectivity index (χ4n) is 2.21. The number of rotatable bonds is 5. The summed E-state index contributed by atoms with van der Waals surface area (Å²) in [6.07, 6.45) is 0.577. The van der Waals surface area contributed by atoms with Crippen molar-refractivity contribution in [1.29, 1.82) is 0 Å². The Hall–Kier alpha value is -1.56. The van der Waals surface area contributed by atoms with E-state index in [1.807, 2.05) is 0 Å².